The van der Waals surface area contributed by atoms with Crippen LogP contribution in [-0.2, 0) is 6.54 Å². The Morgan fingerprint density at radius 1 is 0.840 bits per heavy atom. The van der Waals surface area contributed by atoms with Gasteiger partial charge in [-0.1, -0.05) is 41.9 Å². The van der Waals surface area contributed by atoms with Gasteiger partial charge in [0.15, 0.2) is 0 Å². The molecule has 4 aromatic rings. The fourth-order valence-corrected chi connectivity index (χ4v) is 3.15. The van der Waals surface area contributed by atoms with E-state index in [4.69, 9.17) is 11.6 Å². The maximum absolute atomic E-state index is 14.3. The molecule has 0 atom stereocenters. The predicted molar refractivity (Wildman–Crippen MR) is 95.6 cm³/mol. The van der Waals surface area contributed by atoms with E-state index in [1.807, 2.05) is 24.3 Å². The molecule has 2 nitrogen and oxygen atoms in total. The van der Waals surface area contributed by atoms with E-state index in [9.17, 15) is 8.78 Å². The van der Waals surface area contributed by atoms with E-state index in [2.05, 4.69) is 4.98 Å². The monoisotopic (exact) mass is 354 g/mol. The van der Waals surface area contributed by atoms with E-state index < -0.39 is 5.82 Å². The molecule has 0 spiro atoms. The Balaban J connectivity index is 1.96. The van der Waals surface area contributed by atoms with Gasteiger partial charge < -0.3 is 4.57 Å². The van der Waals surface area contributed by atoms with Gasteiger partial charge in [0, 0.05) is 10.6 Å². The molecule has 0 bridgehead atoms. The Morgan fingerprint density at radius 2 is 1.56 bits per heavy atom. The fourth-order valence-electron chi connectivity index (χ4n) is 2.93. The summed E-state index contributed by atoms with van der Waals surface area (Å²) in [5, 5.41) is 0.331. The first-order valence-corrected chi connectivity index (χ1v) is 8.16. The van der Waals surface area contributed by atoms with Crippen molar-refractivity contribution in [1.29, 1.82) is 0 Å². The van der Waals surface area contributed by atoms with Crippen molar-refractivity contribution in [2.24, 2.45) is 0 Å². The summed E-state index contributed by atoms with van der Waals surface area (Å²) in [4.78, 5) is 4.56. The van der Waals surface area contributed by atoms with Crippen molar-refractivity contribution in [3.63, 3.8) is 0 Å². The molecule has 124 valence electrons. The maximum atomic E-state index is 14.3. The Kier molecular flexibility index (Phi) is 3.98. The third kappa shape index (κ3) is 2.79. The molecular weight excluding hydrogens is 342 g/mol. The van der Waals surface area contributed by atoms with Crippen LogP contribution in [0.5, 0.6) is 0 Å². The van der Waals surface area contributed by atoms with Crippen LogP contribution in [0.1, 0.15) is 5.56 Å². The average Bonchev–Trinajstić information content (AvgIpc) is 2.97. The van der Waals surface area contributed by atoms with Crippen molar-refractivity contribution in [3.05, 3.63) is 89.0 Å². The number of halogens is 3. The predicted octanol–water partition coefficient (Wildman–Crippen LogP) is 5.68. The molecule has 0 saturated carbocycles. The molecule has 0 amide bonds. The largest absolute Gasteiger partial charge is 0.319 e. The van der Waals surface area contributed by atoms with Crippen LogP contribution in [0.3, 0.4) is 0 Å². The summed E-state index contributed by atoms with van der Waals surface area (Å²) < 4.78 is 30.4. The molecule has 25 heavy (non-hydrogen) atoms. The first-order chi connectivity index (χ1) is 12.1. The number of imidazole rings is 1. The van der Waals surface area contributed by atoms with Gasteiger partial charge in [-0.25, -0.2) is 13.8 Å². The number of benzene rings is 3. The Morgan fingerprint density at radius 3 is 2.36 bits per heavy atom. The second-order valence-electron chi connectivity index (χ2n) is 5.69. The van der Waals surface area contributed by atoms with Crippen molar-refractivity contribution >= 4 is 22.6 Å². The second kappa shape index (κ2) is 6.30. The van der Waals surface area contributed by atoms with Crippen molar-refractivity contribution in [1.82, 2.24) is 9.55 Å². The minimum absolute atomic E-state index is 0.162. The number of rotatable bonds is 3. The van der Waals surface area contributed by atoms with Gasteiger partial charge in [0.05, 0.1) is 23.1 Å². The van der Waals surface area contributed by atoms with Crippen LogP contribution in [-0.4, -0.2) is 9.55 Å². The summed E-state index contributed by atoms with van der Waals surface area (Å²) in [6.45, 7) is 0.162. The number of hydrogen-bond acceptors (Lipinski definition) is 1. The maximum Gasteiger partial charge on any atom is 0.144 e. The first-order valence-electron chi connectivity index (χ1n) is 7.78. The first kappa shape index (κ1) is 15.8. The highest BCUT2D eigenvalue weighted by molar-refractivity contribution is 6.31. The number of fused-ring (bicyclic) bond motifs is 1. The third-order valence-electron chi connectivity index (χ3n) is 4.15. The van der Waals surface area contributed by atoms with Crippen LogP contribution in [0, 0.1) is 11.6 Å². The molecule has 0 radical (unpaired) electrons. The van der Waals surface area contributed by atoms with E-state index in [0.29, 0.717) is 27.5 Å². The minimum atomic E-state index is -0.398. The Hall–Kier alpha value is -2.72. The third-order valence-corrected chi connectivity index (χ3v) is 4.50. The van der Waals surface area contributed by atoms with Crippen molar-refractivity contribution < 1.29 is 8.78 Å². The number of nitrogens with zero attached hydrogens (tertiary/aromatic N) is 2. The van der Waals surface area contributed by atoms with Crippen molar-refractivity contribution in [3.8, 4) is 11.4 Å². The summed E-state index contributed by atoms with van der Waals surface area (Å²) in [6, 6.07) is 18.4. The van der Waals surface area contributed by atoms with E-state index >= 15 is 0 Å². The molecule has 0 fully saturated rings. The van der Waals surface area contributed by atoms with E-state index in [-0.39, 0.29) is 12.4 Å². The Bertz CT molecular complexity index is 1050. The summed E-state index contributed by atoms with van der Waals surface area (Å²) in [6.07, 6.45) is 0. The van der Waals surface area contributed by atoms with E-state index in [0.717, 1.165) is 5.52 Å². The van der Waals surface area contributed by atoms with Gasteiger partial charge in [-0.15, -0.1) is 0 Å². The quantitative estimate of drug-likeness (QED) is 0.462. The fraction of sp³-hybridized carbons (Fsp3) is 0.0500. The van der Waals surface area contributed by atoms with Crippen molar-refractivity contribution in [2.45, 2.75) is 6.54 Å². The SMILES string of the molecule is Fc1ccccc1-c1nc2ccccc2n1Cc1c(F)cccc1Cl. The van der Waals surface area contributed by atoms with Crippen LogP contribution >= 0.6 is 11.6 Å². The summed E-state index contributed by atoms with van der Waals surface area (Å²) in [7, 11) is 0. The van der Waals surface area contributed by atoms with Crippen LogP contribution in [0.25, 0.3) is 22.4 Å². The molecule has 0 N–H and O–H groups in total. The lowest BCUT2D eigenvalue weighted by molar-refractivity contribution is 0.601. The van der Waals surface area contributed by atoms with Gasteiger partial charge in [-0.2, -0.15) is 0 Å². The molecule has 0 aliphatic carbocycles. The molecule has 1 aromatic heterocycles. The van der Waals surface area contributed by atoms with Crippen molar-refractivity contribution in [2.75, 3.05) is 0 Å². The zero-order chi connectivity index (χ0) is 17.4. The molecular formula is C20H13ClF2N2. The normalized spacial score (nSPS) is 11.2. The van der Waals surface area contributed by atoms with E-state index in [1.54, 1.807) is 34.9 Å². The number of para-hydroxylation sites is 2. The highest BCUT2D eigenvalue weighted by Crippen LogP contribution is 2.29. The number of aromatic nitrogens is 2. The smallest absolute Gasteiger partial charge is 0.144 e. The van der Waals surface area contributed by atoms with Crippen LogP contribution < -0.4 is 0 Å². The lowest BCUT2D eigenvalue weighted by Gasteiger charge is -2.12. The van der Waals surface area contributed by atoms with Crippen LogP contribution in [0.4, 0.5) is 8.78 Å². The molecule has 0 unspecified atom stereocenters. The van der Waals surface area contributed by atoms with Gasteiger partial charge in [0.25, 0.3) is 0 Å². The lowest BCUT2D eigenvalue weighted by Crippen LogP contribution is -2.05. The van der Waals surface area contributed by atoms with E-state index in [1.165, 1.54) is 12.1 Å². The summed E-state index contributed by atoms with van der Waals surface area (Å²) in [5.74, 6) is -0.331. The molecule has 5 heteroatoms. The lowest BCUT2D eigenvalue weighted by atomic mass is 10.1. The van der Waals surface area contributed by atoms with Gasteiger partial charge in [0.2, 0.25) is 0 Å². The van der Waals surface area contributed by atoms with Gasteiger partial charge in [-0.05, 0) is 36.4 Å². The molecule has 0 aliphatic heterocycles. The molecule has 3 aromatic carbocycles. The van der Waals surface area contributed by atoms with Crippen LogP contribution in [0.2, 0.25) is 5.02 Å². The Labute approximate surface area is 148 Å². The topological polar surface area (TPSA) is 17.8 Å². The molecule has 4 rings (SSSR count). The molecule has 1 heterocycles. The second-order valence-corrected chi connectivity index (χ2v) is 6.10. The standard InChI is InChI=1S/C20H13ClF2N2/c21-15-7-5-9-17(23)14(15)12-25-19-11-4-3-10-18(19)24-20(25)13-6-1-2-8-16(13)22/h1-11H,12H2. The summed E-state index contributed by atoms with van der Waals surface area (Å²) >= 11 is 6.18. The van der Waals surface area contributed by atoms with Crippen LogP contribution in [0.15, 0.2) is 66.7 Å². The minimum Gasteiger partial charge on any atom is -0.319 e. The van der Waals surface area contributed by atoms with Gasteiger partial charge in [-0.3, -0.25) is 0 Å². The molecule has 0 aliphatic rings. The zero-order valence-electron chi connectivity index (χ0n) is 13.1. The summed E-state index contributed by atoms with van der Waals surface area (Å²) in [5.41, 5.74) is 2.23. The zero-order valence-corrected chi connectivity index (χ0v) is 13.8. The molecule has 0 saturated heterocycles. The average molecular weight is 355 g/mol. The van der Waals surface area contributed by atoms with Gasteiger partial charge >= 0.3 is 0 Å². The highest BCUT2D eigenvalue weighted by Gasteiger charge is 2.17. The number of hydrogen-bond donors (Lipinski definition) is 0. The van der Waals surface area contributed by atoms with Gasteiger partial charge in [0.1, 0.15) is 17.5 Å². The highest BCUT2D eigenvalue weighted by atomic mass is 35.5.